The van der Waals surface area contributed by atoms with Gasteiger partial charge in [0.2, 0.25) is 0 Å². The first-order valence-corrected chi connectivity index (χ1v) is 7.82. The minimum atomic E-state index is 0.0317. The van der Waals surface area contributed by atoms with Crippen LogP contribution >= 0.6 is 23.2 Å². The molecule has 1 amide bonds. The van der Waals surface area contributed by atoms with Crippen molar-refractivity contribution in [2.24, 2.45) is 5.92 Å². The van der Waals surface area contributed by atoms with E-state index in [-0.39, 0.29) is 12.5 Å². The number of hydrogen-bond acceptors (Lipinski definition) is 2. The van der Waals surface area contributed by atoms with E-state index in [4.69, 9.17) is 27.9 Å². The molecule has 1 fully saturated rings. The minimum Gasteiger partial charge on any atom is -0.484 e. The Kier molecular flexibility index (Phi) is 5.99. The molecule has 1 aliphatic heterocycles. The highest BCUT2D eigenvalue weighted by molar-refractivity contribution is 6.30. The molecule has 1 saturated heterocycles. The van der Waals surface area contributed by atoms with E-state index in [1.807, 2.05) is 4.90 Å². The van der Waals surface area contributed by atoms with Gasteiger partial charge in [0.05, 0.1) is 0 Å². The van der Waals surface area contributed by atoms with Crippen LogP contribution in [0, 0.1) is 5.92 Å². The maximum Gasteiger partial charge on any atom is 0.260 e. The molecule has 0 spiro atoms. The summed E-state index contributed by atoms with van der Waals surface area (Å²) in [4.78, 5) is 14.0. The zero-order valence-corrected chi connectivity index (χ0v) is 12.9. The fraction of sp³-hybridized carbons (Fsp3) is 0.533. The standard InChI is InChI=1S/C15H19Cl2NO2/c16-7-6-12-3-2-8-18(10-12)15(19)11-20-14-5-1-4-13(17)9-14/h1,4-5,9,12H,2-3,6-8,10-11H2. The number of halogens is 2. The maximum atomic E-state index is 12.1. The van der Waals surface area contributed by atoms with Crippen molar-refractivity contribution in [3.05, 3.63) is 29.3 Å². The summed E-state index contributed by atoms with van der Waals surface area (Å²) in [6.45, 7) is 1.68. The molecule has 0 radical (unpaired) electrons. The summed E-state index contributed by atoms with van der Waals surface area (Å²) in [7, 11) is 0. The lowest BCUT2D eigenvalue weighted by atomic mass is 9.95. The molecule has 20 heavy (non-hydrogen) atoms. The summed E-state index contributed by atoms with van der Waals surface area (Å²) in [6, 6.07) is 7.09. The number of ether oxygens (including phenoxy) is 1. The van der Waals surface area contributed by atoms with Gasteiger partial charge >= 0.3 is 0 Å². The fourth-order valence-corrected chi connectivity index (χ4v) is 2.96. The van der Waals surface area contributed by atoms with E-state index in [2.05, 4.69) is 0 Å². The van der Waals surface area contributed by atoms with Crippen molar-refractivity contribution < 1.29 is 9.53 Å². The van der Waals surface area contributed by atoms with Crippen LogP contribution in [0.5, 0.6) is 5.75 Å². The number of carbonyl (C=O) groups excluding carboxylic acids is 1. The van der Waals surface area contributed by atoms with Crippen molar-refractivity contribution in [2.45, 2.75) is 19.3 Å². The average Bonchev–Trinajstić information content (AvgIpc) is 2.45. The van der Waals surface area contributed by atoms with Crippen LogP contribution in [-0.2, 0) is 4.79 Å². The predicted molar refractivity (Wildman–Crippen MR) is 81.6 cm³/mol. The molecule has 5 heteroatoms. The first-order chi connectivity index (χ1) is 9.69. The summed E-state index contributed by atoms with van der Waals surface area (Å²) in [6.07, 6.45) is 3.18. The lowest BCUT2D eigenvalue weighted by molar-refractivity contribution is -0.135. The highest BCUT2D eigenvalue weighted by atomic mass is 35.5. The van der Waals surface area contributed by atoms with E-state index < -0.39 is 0 Å². The molecule has 0 aromatic heterocycles. The third kappa shape index (κ3) is 4.57. The number of piperidine rings is 1. The van der Waals surface area contributed by atoms with Crippen LogP contribution in [0.4, 0.5) is 0 Å². The van der Waals surface area contributed by atoms with Crippen LogP contribution in [0.25, 0.3) is 0 Å². The molecular formula is C15H19Cl2NO2. The van der Waals surface area contributed by atoms with Crippen LogP contribution in [0.15, 0.2) is 24.3 Å². The number of alkyl halides is 1. The second-order valence-corrected chi connectivity index (χ2v) is 5.89. The monoisotopic (exact) mass is 315 g/mol. The lowest BCUT2D eigenvalue weighted by Gasteiger charge is -2.32. The molecule has 0 saturated carbocycles. The number of amides is 1. The Morgan fingerprint density at radius 3 is 3.05 bits per heavy atom. The van der Waals surface area contributed by atoms with Crippen LogP contribution in [0.1, 0.15) is 19.3 Å². The third-order valence-electron chi connectivity index (χ3n) is 3.55. The van der Waals surface area contributed by atoms with Crippen LogP contribution < -0.4 is 4.74 Å². The second-order valence-electron chi connectivity index (χ2n) is 5.07. The summed E-state index contributed by atoms with van der Waals surface area (Å²) < 4.78 is 5.50. The van der Waals surface area contributed by atoms with Crippen molar-refractivity contribution in [3.8, 4) is 5.75 Å². The van der Waals surface area contributed by atoms with Gasteiger partial charge < -0.3 is 9.64 Å². The molecule has 1 aromatic rings. The number of nitrogens with zero attached hydrogens (tertiary/aromatic N) is 1. The Bertz CT molecular complexity index is 451. The van der Waals surface area contributed by atoms with Crippen molar-refractivity contribution in [1.29, 1.82) is 0 Å². The van der Waals surface area contributed by atoms with E-state index in [9.17, 15) is 4.79 Å². The van der Waals surface area contributed by atoms with Gasteiger partial charge in [0.25, 0.3) is 5.91 Å². The lowest BCUT2D eigenvalue weighted by Crippen LogP contribution is -2.42. The molecule has 1 unspecified atom stereocenters. The minimum absolute atomic E-state index is 0.0317. The predicted octanol–water partition coefficient (Wildman–Crippen LogP) is 3.59. The SMILES string of the molecule is O=C(COc1cccc(Cl)c1)N1CCCC(CCCl)C1. The van der Waals surface area contributed by atoms with Gasteiger partial charge in [0.15, 0.2) is 6.61 Å². The Hall–Kier alpha value is -0.930. The highest BCUT2D eigenvalue weighted by Gasteiger charge is 2.23. The van der Waals surface area contributed by atoms with Gasteiger partial charge in [0.1, 0.15) is 5.75 Å². The summed E-state index contributed by atoms with van der Waals surface area (Å²) >= 11 is 11.7. The van der Waals surface area contributed by atoms with Gasteiger partial charge in [-0.3, -0.25) is 4.79 Å². The van der Waals surface area contributed by atoms with E-state index >= 15 is 0 Å². The number of likely N-dealkylation sites (tertiary alicyclic amines) is 1. The summed E-state index contributed by atoms with van der Waals surface area (Å²) in [5, 5.41) is 0.607. The molecule has 0 N–H and O–H groups in total. The zero-order chi connectivity index (χ0) is 14.4. The third-order valence-corrected chi connectivity index (χ3v) is 4.00. The van der Waals surface area contributed by atoms with Crippen molar-refractivity contribution >= 4 is 29.1 Å². The molecule has 0 bridgehead atoms. The normalized spacial score (nSPS) is 18.9. The van der Waals surface area contributed by atoms with Gasteiger partial charge in [-0.2, -0.15) is 0 Å². The van der Waals surface area contributed by atoms with E-state index in [1.54, 1.807) is 24.3 Å². The van der Waals surface area contributed by atoms with Gasteiger partial charge in [-0.15, -0.1) is 11.6 Å². The van der Waals surface area contributed by atoms with Gasteiger partial charge in [-0.25, -0.2) is 0 Å². The molecule has 1 heterocycles. The highest BCUT2D eigenvalue weighted by Crippen LogP contribution is 2.21. The molecule has 1 aromatic carbocycles. The Morgan fingerprint density at radius 1 is 1.45 bits per heavy atom. The van der Waals surface area contributed by atoms with Crippen molar-refractivity contribution in [1.82, 2.24) is 4.90 Å². The molecule has 2 rings (SSSR count). The number of rotatable bonds is 5. The van der Waals surface area contributed by atoms with E-state index in [1.165, 1.54) is 0 Å². The molecular weight excluding hydrogens is 297 g/mol. The first-order valence-electron chi connectivity index (χ1n) is 6.91. The number of benzene rings is 1. The maximum absolute atomic E-state index is 12.1. The zero-order valence-electron chi connectivity index (χ0n) is 11.4. The van der Waals surface area contributed by atoms with Gasteiger partial charge in [-0.05, 0) is 43.4 Å². The fourth-order valence-electron chi connectivity index (χ4n) is 2.47. The molecule has 3 nitrogen and oxygen atoms in total. The van der Waals surface area contributed by atoms with E-state index in [0.717, 1.165) is 32.4 Å². The van der Waals surface area contributed by atoms with Crippen LogP contribution in [0.3, 0.4) is 0 Å². The molecule has 1 atom stereocenters. The quantitative estimate of drug-likeness (QED) is 0.777. The van der Waals surface area contributed by atoms with Crippen LogP contribution in [-0.4, -0.2) is 36.4 Å². The molecule has 110 valence electrons. The van der Waals surface area contributed by atoms with Gasteiger partial charge in [-0.1, -0.05) is 17.7 Å². The summed E-state index contributed by atoms with van der Waals surface area (Å²) in [5.41, 5.74) is 0. The number of carbonyl (C=O) groups is 1. The molecule has 0 aliphatic carbocycles. The Balaban J connectivity index is 1.82. The van der Waals surface area contributed by atoms with Crippen LogP contribution in [0.2, 0.25) is 5.02 Å². The van der Waals surface area contributed by atoms with Crippen molar-refractivity contribution in [3.63, 3.8) is 0 Å². The Morgan fingerprint density at radius 2 is 2.30 bits per heavy atom. The largest absolute Gasteiger partial charge is 0.484 e. The average molecular weight is 316 g/mol. The second kappa shape index (κ2) is 7.75. The smallest absolute Gasteiger partial charge is 0.260 e. The molecule has 1 aliphatic rings. The Labute approximate surface area is 129 Å². The van der Waals surface area contributed by atoms with Gasteiger partial charge in [0, 0.05) is 24.0 Å². The number of hydrogen-bond donors (Lipinski definition) is 0. The van der Waals surface area contributed by atoms with Crippen molar-refractivity contribution in [2.75, 3.05) is 25.6 Å². The van der Waals surface area contributed by atoms with E-state index in [0.29, 0.717) is 22.6 Å². The topological polar surface area (TPSA) is 29.5 Å². The first kappa shape index (κ1) is 15.5. The summed E-state index contributed by atoms with van der Waals surface area (Å²) in [5.74, 6) is 1.84.